The number of carboxylic acid groups (broad SMARTS) is 1. The van der Waals surface area contributed by atoms with Crippen LogP contribution in [0.25, 0.3) is 0 Å². The second kappa shape index (κ2) is 10.7. The van der Waals surface area contributed by atoms with Crippen LogP contribution in [-0.4, -0.2) is 29.1 Å². The van der Waals surface area contributed by atoms with Crippen molar-refractivity contribution in [1.82, 2.24) is 0 Å². The summed E-state index contributed by atoms with van der Waals surface area (Å²) < 4.78 is 0. The van der Waals surface area contributed by atoms with E-state index in [0.29, 0.717) is 6.42 Å². The largest absolute Gasteiger partial charge is 0.480 e. The second-order valence-corrected chi connectivity index (χ2v) is 2.71. The standard InChI is InChI=1S/C5H11NO2S.2BrH/c1-9-3-2-4(6)5(7)8;;/h4H,2-3,6H2,1H3,(H,7,8);2*1H. The van der Waals surface area contributed by atoms with Gasteiger partial charge in [0, 0.05) is 0 Å². The Labute approximate surface area is 91.6 Å². The molecule has 6 heteroatoms. The van der Waals surface area contributed by atoms with Gasteiger partial charge >= 0.3 is 5.97 Å². The fourth-order valence-corrected chi connectivity index (χ4v) is 0.858. The Morgan fingerprint density at radius 3 is 2.36 bits per heavy atom. The summed E-state index contributed by atoms with van der Waals surface area (Å²) in [5.41, 5.74) is 5.19. The highest BCUT2D eigenvalue weighted by molar-refractivity contribution is 8.93. The van der Waals surface area contributed by atoms with Crippen LogP contribution in [0, 0.1) is 0 Å². The van der Waals surface area contributed by atoms with Gasteiger partial charge in [-0.05, 0) is 18.4 Å². The molecule has 0 aromatic rings. The van der Waals surface area contributed by atoms with Gasteiger partial charge in [0.1, 0.15) is 6.04 Å². The molecule has 1 unspecified atom stereocenters. The molecule has 0 heterocycles. The lowest BCUT2D eigenvalue weighted by Gasteiger charge is -2.02. The number of aliphatic carboxylic acids is 1. The number of halogens is 2. The number of carbonyl (C=O) groups is 1. The molecule has 0 spiro atoms. The third-order valence-electron chi connectivity index (χ3n) is 0.950. The molecule has 0 radical (unpaired) electrons. The van der Waals surface area contributed by atoms with Gasteiger partial charge in [-0.3, -0.25) is 4.79 Å². The highest BCUT2D eigenvalue weighted by Gasteiger charge is 2.08. The van der Waals surface area contributed by atoms with Crippen LogP contribution in [0.5, 0.6) is 0 Å². The number of hydrogen-bond acceptors (Lipinski definition) is 3. The van der Waals surface area contributed by atoms with Gasteiger partial charge in [0.2, 0.25) is 0 Å². The molecule has 0 aliphatic heterocycles. The van der Waals surface area contributed by atoms with Crippen molar-refractivity contribution < 1.29 is 9.90 Å². The van der Waals surface area contributed by atoms with Gasteiger partial charge in [0.15, 0.2) is 0 Å². The fraction of sp³-hybridized carbons (Fsp3) is 0.800. The number of hydrogen-bond donors (Lipinski definition) is 2. The maximum atomic E-state index is 10.1. The highest BCUT2D eigenvalue weighted by Crippen LogP contribution is 1.97. The van der Waals surface area contributed by atoms with E-state index >= 15 is 0 Å². The van der Waals surface area contributed by atoms with Crippen LogP contribution < -0.4 is 5.73 Å². The normalized spacial score (nSPS) is 10.7. The molecule has 0 aliphatic carbocycles. The van der Waals surface area contributed by atoms with Crippen LogP contribution in [0.1, 0.15) is 6.42 Å². The second-order valence-electron chi connectivity index (χ2n) is 1.73. The predicted octanol–water partition coefficient (Wildman–Crippen LogP) is 1.31. The molecule has 70 valence electrons. The molecule has 1 atom stereocenters. The Hall–Kier alpha value is 0.740. The third kappa shape index (κ3) is 10.7. The molecule has 0 aromatic carbocycles. The average molecular weight is 311 g/mol. The number of carboxylic acids is 1. The van der Waals surface area contributed by atoms with Crippen molar-refractivity contribution in [2.24, 2.45) is 5.73 Å². The van der Waals surface area contributed by atoms with E-state index in [1.165, 1.54) is 0 Å². The lowest BCUT2D eigenvalue weighted by Crippen LogP contribution is -2.30. The van der Waals surface area contributed by atoms with Crippen LogP contribution in [0.4, 0.5) is 0 Å². The van der Waals surface area contributed by atoms with Crippen LogP contribution in [0.3, 0.4) is 0 Å². The molecule has 0 bridgehead atoms. The number of nitrogens with two attached hydrogens (primary N) is 1. The smallest absolute Gasteiger partial charge is 0.320 e. The molecule has 11 heavy (non-hydrogen) atoms. The molecular formula is C5H13Br2NO2S. The van der Waals surface area contributed by atoms with Gasteiger partial charge in [-0.15, -0.1) is 34.0 Å². The Balaban J connectivity index is -0.000000320. The first-order valence-corrected chi connectivity index (χ1v) is 4.05. The van der Waals surface area contributed by atoms with E-state index in [2.05, 4.69) is 0 Å². The van der Waals surface area contributed by atoms with Crippen LogP contribution in [0.2, 0.25) is 0 Å². The Morgan fingerprint density at radius 1 is 1.64 bits per heavy atom. The Kier molecular flexibility index (Phi) is 17.3. The molecular weight excluding hydrogens is 298 g/mol. The molecule has 0 aromatic heterocycles. The van der Waals surface area contributed by atoms with Gasteiger partial charge in [0.25, 0.3) is 0 Å². The molecule has 0 saturated carbocycles. The van der Waals surface area contributed by atoms with E-state index in [1.807, 2.05) is 6.26 Å². The van der Waals surface area contributed by atoms with Crippen LogP contribution in [0.15, 0.2) is 0 Å². The summed E-state index contributed by atoms with van der Waals surface area (Å²) in [6.45, 7) is 0. The summed E-state index contributed by atoms with van der Waals surface area (Å²) in [6.07, 6.45) is 2.48. The fourth-order valence-electron chi connectivity index (χ4n) is 0.368. The predicted molar refractivity (Wildman–Crippen MR) is 59.3 cm³/mol. The van der Waals surface area contributed by atoms with E-state index in [4.69, 9.17) is 10.8 Å². The summed E-state index contributed by atoms with van der Waals surface area (Å²) in [6, 6.07) is -0.683. The summed E-state index contributed by atoms with van der Waals surface area (Å²) in [7, 11) is 0. The van der Waals surface area contributed by atoms with Gasteiger partial charge in [-0.2, -0.15) is 11.8 Å². The summed E-state index contributed by atoms with van der Waals surface area (Å²) in [5, 5.41) is 8.27. The van der Waals surface area contributed by atoms with Gasteiger partial charge in [-0.25, -0.2) is 0 Å². The van der Waals surface area contributed by atoms with Crippen molar-refractivity contribution in [2.75, 3.05) is 12.0 Å². The van der Waals surface area contributed by atoms with E-state index < -0.39 is 12.0 Å². The summed E-state index contributed by atoms with van der Waals surface area (Å²) >= 11 is 1.60. The van der Waals surface area contributed by atoms with Crippen molar-refractivity contribution in [3.63, 3.8) is 0 Å². The minimum atomic E-state index is -0.913. The first-order valence-electron chi connectivity index (χ1n) is 2.65. The molecule has 0 rings (SSSR count). The molecule has 3 N–H and O–H groups in total. The first kappa shape index (κ1) is 17.7. The molecule has 3 nitrogen and oxygen atoms in total. The van der Waals surface area contributed by atoms with Crippen molar-refractivity contribution >= 4 is 51.7 Å². The highest BCUT2D eigenvalue weighted by atomic mass is 79.9. The maximum absolute atomic E-state index is 10.1. The van der Waals surface area contributed by atoms with Crippen LogP contribution >= 0.6 is 45.7 Å². The Bertz CT molecular complexity index is 104. The van der Waals surface area contributed by atoms with Gasteiger partial charge in [-0.1, -0.05) is 0 Å². The summed E-state index contributed by atoms with van der Waals surface area (Å²) in [4.78, 5) is 10.1. The van der Waals surface area contributed by atoms with Crippen molar-refractivity contribution in [3.8, 4) is 0 Å². The van der Waals surface area contributed by atoms with Crippen molar-refractivity contribution in [2.45, 2.75) is 12.5 Å². The monoisotopic (exact) mass is 309 g/mol. The zero-order chi connectivity index (χ0) is 7.28. The quantitative estimate of drug-likeness (QED) is 0.822. The lowest BCUT2D eigenvalue weighted by molar-refractivity contribution is -0.138. The number of rotatable bonds is 4. The van der Waals surface area contributed by atoms with Gasteiger partial charge < -0.3 is 10.8 Å². The Morgan fingerprint density at radius 2 is 2.09 bits per heavy atom. The molecule has 0 saturated heterocycles. The zero-order valence-corrected chi connectivity index (χ0v) is 10.4. The SMILES string of the molecule is Br.Br.CSCCC(N)C(=O)O. The zero-order valence-electron chi connectivity index (χ0n) is 6.15. The maximum Gasteiger partial charge on any atom is 0.320 e. The molecule has 0 aliphatic rings. The van der Waals surface area contributed by atoms with E-state index in [1.54, 1.807) is 11.8 Å². The third-order valence-corrected chi connectivity index (χ3v) is 1.59. The molecule has 0 fully saturated rings. The van der Waals surface area contributed by atoms with E-state index in [9.17, 15) is 4.79 Å². The van der Waals surface area contributed by atoms with E-state index in [-0.39, 0.29) is 34.0 Å². The minimum absolute atomic E-state index is 0. The van der Waals surface area contributed by atoms with E-state index in [0.717, 1.165) is 5.75 Å². The minimum Gasteiger partial charge on any atom is -0.480 e. The lowest BCUT2D eigenvalue weighted by atomic mass is 10.2. The van der Waals surface area contributed by atoms with Gasteiger partial charge in [0.05, 0.1) is 0 Å². The number of thioether (sulfide) groups is 1. The first-order chi connectivity index (χ1) is 4.18. The van der Waals surface area contributed by atoms with Crippen molar-refractivity contribution in [3.05, 3.63) is 0 Å². The van der Waals surface area contributed by atoms with Crippen LogP contribution in [-0.2, 0) is 4.79 Å². The topological polar surface area (TPSA) is 63.3 Å². The van der Waals surface area contributed by atoms with Crippen molar-refractivity contribution in [1.29, 1.82) is 0 Å². The average Bonchev–Trinajstić information content (AvgIpc) is 1.82. The summed E-state index contributed by atoms with van der Waals surface area (Å²) in [5.74, 6) is -0.1000. The molecule has 0 amide bonds.